The van der Waals surface area contributed by atoms with Crippen molar-refractivity contribution >= 4 is 17.6 Å². The van der Waals surface area contributed by atoms with E-state index < -0.39 is 12.4 Å². The third-order valence-electron chi connectivity index (χ3n) is 2.17. The lowest BCUT2D eigenvalue weighted by molar-refractivity contribution is -0.142. The summed E-state index contributed by atoms with van der Waals surface area (Å²) in [5, 5.41) is 0. The molecule has 3 nitrogen and oxygen atoms in total. The van der Waals surface area contributed by atoms with Crippen molar-refractivity contribution in [3.63, 3.8) is 0 Å². The summed E-state index contributed by atoms with van der Waals surface area (Å²) in [6, 6.07) is 1.19. The number of nitrogens with zero attached hydrogens (tertiary/aromatic N) is 1. The van der Waals surface area contributed by atoms with Crippen LogP contribution in [0.15, 0.2) is 12.3 Å². The molecule has 6 heteroatoms. The number of halogens is 3. The maximum absolute atomic E-state index is 12.8. The highest BCUT2D eigenvalue weighted by Gasteiger charge is 2.19. The molecule has 0 saturated carbocycles. The van der Waals surface area contributed by atoms with Gasteiger partial charge in [0.1, 0.15) is 0 Å². The number of rotatable bonds is 5. The molecule has 17 heavy (non-hydrogen) atoms. The molecule has 0 aliphatic rings. The van der Waals surface area contributed by atoms with Crippen molar-refractivity contribution in [2.75, 3.05) is 6.61 Å². The smallest absolute Gasteiger partial charge is 0.310 e. The van der Waals surface area contributed by atoms with Crippen molar-refractivity contribution in [1.82, 2.24) is 4.98 Å². The minimum absolute atomic E-state index is 0.0186. The summed E-state index contributed by atoms with van der Waals surface area (Å²) in [4.78, 5) is 15.2. The van der Waals surface area contributed by atoms with Gasteiger partial charge in [-0.05, 0) is 18.6 Å². The molecule has 0 aromatic carbocycles. The maximum Gasteiger partial charge on any atom is 0.310 e. The topological polar surface area (TPSA) is 39.2 Å². The minimum Gasteiger partial charge on any atom is -0.466 e. The monoisotopic (exact) mass is 263 g/mol. The van der Waals surface area contributed by atoms with E-state index in [0.29, 0.717) is 0 Å². The Morgan fingerprint density at radius 2 is 2.29 bits per heavy atom. The molecular weight excluding hydrogens is 252 g/mol. The number of esters is 1. The normalized spacial score (nSPS) is 10.6. The fourth-order valence-electron chi connectivity index (χ4n) is 1.43. The standard InChI is InChI=1S/C11H12ClF2NO2/c1-2-17-10(16)5-8-7(11(13)14)3-4-15-9(8)6-12/h3-4,11H,2,5-6H2,1H3. The Morgan fingerprint density at radius 3 is 2.82 bits per heavy atom. The van der Waals surface area contributed by atoms with Crippen molar-refractivity contribution in [2.24, 2.45) is 0 Å². The molecule has 1 rings (SSSR count). The molecule has 0 spiro atoms. The number of carbonyl (C=O) groups excluding carboxylic acids is 1. The molecule has 1 heterocycles. The highest BCUT2D eigenvalue weighted by molar-refractivity contribution is 6.17. The van der Waals surface area contributed by atoms with E-state index in [-0.39, 0.29) is 35.7 Å². The molecule has 0 N–H and O–H groups in total. The number of hydrogen-bond acceptors (Lipinski definition) is 3. The molecule has 1 aromatic heterocycles. The predicted molar refractivity (Wildman–Crippen MR) is 59.1 cm³/mol. The molecule has 0 fully saturated rings. The van der Waals surface area contributed by atoms with Crippen LogP contribution in [0.3, 0.4) is 0 Å². The van der Waals surface area contributed by atoms with Crippen molar-refractivity contribution in [3.8, 4) is 0 Å². The van der Waals surface area contributed by atoms with E-state index in [2.05, 4.69) is 4.98 Å². The van der Waals surface area contributed by atoms with Gasteiger partial charge in [0.25, 0.3) is 6.43 Å². The van der Waals surface area contributed by atoms with Gasteiger partial charge in [-0.25, -0.2) is 8.78 Å². The number of ether oxygens (including phenoxy) is 1. The van der Waals surface area contributed by atoms with E-state index >= 15 is 0 Å². The van der Waals surface area contributed by atoms with Gasteiger partial charge in [-0.1, -0.05) is 0 Å². The SMILES string of the molecule is CCOC(=O)Cc1c(C(F)F)ccnc1CCl. The van der Waals surface area contributed by atoms with Crippen LogP contribution in [0.25, 0.3) is 0 Å². The fourth-order valence-corrected chi connectivity index (χ4v) is 1.66. The Morgan fingerprint density at radius 1 is 1.59 bits per heavy atom. The van der Waals surface area contributed by atoms with Crippen LogP contribution < -0.4 is 0 Å². The van der Waals surface area contributed by atoms with Gasteiger partial charge < -0.3 is 4.74 Å². The van der Waals surface area contributed by atoms with Crippen LogP contribution in [0.1, 0.15) is 30.2 Å². The first kappa shape index (κ1) is 13.8. The quantitative estimate of drug-likeness (QED) is 0.606. The highest BCUT2D eigenvalue weighted by atomic mass is 35.5. The van der Waals surface area contributed by atoms with Gasteiger partial charge in [0.05, 0.1) is 24.6 Å². The Balaban J connectivity index is 3.04. The second-order valence-corrected chi connectivity index (χ2v) is 3.51. The zero-order chi connectivity index (χ0) is 12.8. The van der Waals surface area contributed by atoms with Gasteiger partial charge in [-0.3, -0.25) is 9.78 Å². The Bertz CT molecular complexity index is 399. The number of aromatic nitrogens is 1. The van der Waals surface area contributed by atoms with E-state index in [1.54, 1.807) is 6.92 Å². The minimum atomic E-state index is -2.66. The van der Waals surface area contributed by atoms with Gasteiger partial charge >= 0.3 is 5.97 Å². The first-order valence-corrected chi connectivity index (χ1v) is 5.60. The summed E-state index contributed by atoms with van der Waals surface area (Å²) in [5.74, 6) is -0.580. The molecule has 0 bridgehead atoms. The molecule has 0 amide bonds. The Kier molecular flexibility index (Phi) is 5.28. The average Bonchev–Trinajstić information content (AvgIpc) is 2.29. The highest BCUT2D eigenvalue weighted by Crippen LogP contribution is 2.25. The molecule has 0 aliphatic carbocycles. The number of carbonyl (C=O) groups is 1. The lowest BCUT2D eigenvalue weighted by Gasteiger charge is -2.11. The van der Waals surface area contributed by atoms with Gasteiger partial charge in [-0.2, -0.15) is 0 Å². The summed E-state index contributed by atoms with van der Waals surface area (Å²) in [6.07, 6.45) is -1.64. The van der Waals surface area contributed by atoms with Gasteiger partial charge in [0.2, 0.25) is 0 Å². The van der Waals surface area contributed by atoms with E-state index in [1.807, 2.05) is 0 Å². The van der Waals surface area contributed by atoms with Crippen LogP contribution in [-0.4, -0.2) is 17.6 Å². The van der Waals surface area contributed by atoms with Gasteiger partial charge in [0, 0.05) is 11.8 Å². The van der Waals surface area contributed by atoms with Crippen LogP contribution in [0, 0.1) is 0 Å². The molecule has 0 unspecified atom stereocenters. The molecule has 0 radical (unpaired) electrons. The summed E-state index contributed by atoms with van der Waals surface area (Å²) in [6.45, 7) is 1.86. The predicted octanol–water partition coefficient (Wildman–Crippen LogP) is 2.86. The molecule has 0 aliphatic heterocycles. The first-order chi connectivity index (χ1) is 8.10. The van der Waals surface area contributed by atoms with Crippen molar-refractivity contribution in [1.29, 1.82) is 0 Å². The number of hydrogen-bond donors (Lipinski definition) is 0. The first-order valence-electron chi connectivity index (χ1n) is 5.06. The molecule has 94 valence electrons. The molecular formula is C11H12ClF2NO2. The maximum atomic E-state index is 12.8. The summed E-state index contributed by atoms with van der Waals surface area (Å²) >= 11 is 5.61. The van der Waals surface area contributed by atoms with Crippen molar-refractivity contribution < 1.29 is 18.3 Å². The lowest BCUT2D eigenvalue weighted by atomic mass is 10.0. The lowest BCUT2D eigenvalue weighted by Crippen LogP contribution is -2.12. The van der Waals surface area contributed by atoms with Crippen LogP contribution in [0.2, 0.25) is 0 Å². The zero-order valence-corrected chi connectivity index (χ0v) is 10.0. The third-order valence-corrected chi connectivity index (χ3v) is 2.42. The van der Waals surface area contributed by atoms with Gasteiger partial charge in [0.15, 0.2) is 0 Å². The van der Waals surface area contributed by atoms with Crippen LogP contribution in [-0.2, 0) is 21.8 Å². The zero-order valence-electron chi connectivity index (χ0n) is 9.25. The third kappa shape index (κ3) is 3.63. The second kappa shape index (κ2) is 6.49. The Labute approximate surface area is 103 Å². The largest absolute Gasteiger partial charge is 0.466 e. The number of pyridine rings is 1. The average molecular weight is 264 g/mol. The number of alkyl halides is 3. The summed E-state index contributed by atoms with van der Waals surface area (Å²) < 4.78 is 30.2. The van der Waals surface area contributed by atoms with Gasteiger partial charge in [-0.15, -0.1) is 11.6 Å². The Hall–Kier alpha value is -1.23. The van der Waals surface area contributed by atoms with E-state index in [4.69, 9.17) is 16.3 Å². The van der Waals surface area contributed by atoms with Crippen LogP contribution in [0.5, 0.6) is 0 Å². The van der Waals surface area contributed by atoms with E-state index in [9.17, 15) is 13.6 Å². The summed E-state index contributed by atoms with van der Waals surface area (Å²) in [7, 11) is 0. The molecule has 1 aromatic rings. The summed E-state index contributed by atoms with van der Waals surface area (Å²) in [5.41, 5.74) is 0.233. The van der Waals surface area contributed by atoms with Crippen LogP contribution in [0.4, 0.5) is 8.78 Å². The van der Waals surface area contributed by atoms with Crippen molar-refractivity contribution in [2.45, 2.75) is 25.7 Å². The molecule has 0 saturated heterocycles. The van der Waals surface area contributed by atoms with E-state index in [0.717, 1.165) is 0 Å². The van der Waals surface area contributed by atoms with E-state index in [1.165, 1.54) is 12.3 Å². The fraction of sp³-hybridized carbons (Fsp3) is 0.455. The van der Waals surface area contributed by atoms with Crippen LogP contribution >= 0.6 is 11.6 Å². The van der Waals surface area contributed by atoms with Crippen molar-refractivity contribution in [3.05, 3.63) is 29.1 Å². The molecule has 0 atom stereocenters. The second-order valence-electron chi connectivity index (χ2n) is 3.24.